The molecule has 1 atom stereocenters. The number of rotatable bonds is 2. The second-order valence-electron chi connectivity index (χ2n) is 4.73. The largest absolute Gasteiger partial charge is 0.342 e. The van der Waals surface area contributed by atoms with E-state index in [0.29, 0.717) is 12.5 Å². The summed E-state index contributed by atoms with van der Waals surface area (Å²) in [5, 5.41) is 0. The van der Waals surface area contributed by atoms with Gasteiger partial charge in [0.2, 0.25) is 5.91 Å². The molecule has 5 heteroatoms. The van der Waals surface area contributed by atoms with Crippen LogP contribution in [0.5, 0.6) is 0 Å². The van der Waals surface area contributed by atoms with Crippen LogP contribution in [0.2, 0.25) is 0 Å². The highest BCUT2D eigenvalue weighted by Gasteiger charge is 2.24. The molecule has 0 unspecified atom stereocenters. The lowest BCUT2D eigenvalue weighted by molar-refractivity contribution is -0.133. The Morgan fingerprint density at radius 2 is 1.88 bits per heavy atom. The van der Waals surface area contributed by atoms with Crippen molar-refractivity contribution >= 4 is 18.3 Å². The van der Waals surface area contributed by atoms with E-state index in [1.54, 1.807) is 0 Å². The number of likely N-dealkylation sites (tertiary alicyclic amines) is 2. The SMILES string of the molecule is Cl.N[C@@H]1CCN(CC(=O)N2CCCCC2)C1. The number of nitrogens with zero attached hydrogens (tertiary/aromatic N) is 2. The Morgan fingerprint density at radius 1 is 1.19 bits per heavy atom. The second kappa shape index (κ2) is 6.42. The Morgan fingerprint density at radius 3 is 2.44 bits per heavy atom. The van der Waals surface area contributed by atoms with E-state index in [0.717, 1.165) is 32.6 Å². The van der Waals surface area contributed by atoms with Crippen LogP contribution in [0.4, 0.5) is 0 Å². The third-order valence-electron chi connectivity index (χ3n) is 3.38. The summed E-state index contributed by atoms with van der Waals surface area (Å²) in [5.74, 6) is 0.295. The molecule has 0 spiro atoms. The average molecular weight is 248 g/mol. The van der Waals surface area contributed by atoms with Crippen LogP contribution in [-0.2, 0) is 4.79 Å². The van der Waals surface area contributed by atoms with Crippen LogP contribution in [0.15, 0.2) is 0 Å². The minimum atomic E-state index is 0. The molecule has 2 saturated heterocycles. The first kappa shape index (κ1) is 13.7. The minimum absolute atomic E-state index is 0. The predicted molar refractivity (Wildman–Crippen MR) is 66.7 cm³/mol. The molecule has 1 amide bonds. The zero-order chi connectivity index (χ0) is 10.7. The summed E-state index contributed by atoms with van der Waals surface area (Å²) in [6, 6.07) is 0.277. The maximum atomic E-state index is 11.9. The quantitative estimate of drug-likeness (QED) is 0.771. The van der Waals surface area contributed by atoms with Crippen LogP contribution in [0.25, 0.3) is 0 Å². The van der Waals surface area contributed by atoms with E-state index in [-0.39, 0.29) is 18.4 Å². The highest BCUT2D eigenvalue weighted by molar-refractivity contribution is 5.85. The fourth-order valence-electron chi connectivity index (χ4n) is 2.44. The summed E-state index contributed by atoms with van der Waals surface area (Å²) >= 11 is 0. The summed E-state index contributed by atoms with van der Waals surface area (Å²) in [5.41, 5.74) is 5.81. The molecule has 0 saturated carbocycles. The highest BCUT2D eigenvalue weighted by atomic mass is 35.5. The van der Waals surface area contributed by atoms with Gasteiger partial charge in [0.15, 0.2) is 0 Å². The van der Waals surface area contributed by atoms with Gasteiger partial charge in [-0.2, -0.15) is 0 Å². The third-order valence-corrected chi connectivity index (χ3v) is 3.38. The van der Waals surface area contributed by atoms with Crippen molar-refractivity contribution < 1.29 is 4.79 Å². The fraction of sp³-hybridized carbons (Fsp3) is 0.909. The summed E-state index contributed by atoms with van der Waals surface area (Å²) in [6.45, 7) is 4.37. The lowest BCUT2D eigenvalue weighted by atomic mass is 10.1. The van der Waals surface area contributed by atoms with Gasteiger partial charge in [0.05, 0.1) is 6.54 Å². The average Bonchev–Trinajstić information content (AvgIpc) is 2.65. The van der Waals surface area contributed by atoms with Gasteiger partial charge >= 0.3 is 0 Å². The first-order valence-electron chi connectivity index (χ1n) is 6.01. The number of nitrogens with two attached hydrogens (primary N) is 1. The highest BCUT2D eigenvalue weighted by Crippen LogP contribution is 2.11. The molecule has 2 aliphatic rings. The van der Waals surface area contributed by atoms with Crippen molar-refractivity contribution in [1.82, 2.24) is 9.80 Å². The molecule has 2 fully saturated rings. The van der Waals surface area contributed by atoms with E-state index in [1.807, 2.05) is 4.90 Å². The number of carbonyl (C=O) groups excluding carboxylic acids is 1. The maximum Gasteiger partial charge on any atom is 0.236 e. The molecular weight excluding hydrogens is 226 g/mol. The van der Waals surface area contributed by atoms with Gasteiger partial charge in [-0.25, -0.2) is 0 Å². The van der Waals surface area contributed by atoms with E-state index in [2.05, 4.69) is 4.90 Å². The molecule has 0 aromatic rings. The standard InChI is InChI=1S/C11H21N3O.ClH/c12-10-4-7-13(8-10)9-11(15)14-5-2-1-3-6-14;/h10H,1-9,12H2;1H/t10-;/m1./s1. The van der Waals surface area contributed by atoms with E-state index < -0.39 is 0 Å². The Labute approximate surface area is 104 Å². The van der Waals surface area contributed by atoms with Gasteiger partial charge in [-0.1, -0.05) is 0 Å². The van der Waals surface area contributed by atoms with Gasteiger partial charge in [-0.05, 0) is 25.7 Å². The molecule has 0 aromatic heterocycles. The van der Waals surface area contributed by atoms with Crippen molar-refractivity contribution in [1.29, 1.82) is 0 Å². The zero-order valence-electron chi connectivity index (χ0n) is 9.73. The maximum absolute atomic E-state index is 11.9. The summed E-state index contributed by atoms with van der Waals surface area (Å²) in [4.78, 5) is 16.1. The van der Waals surface area contributed by atoms with Crippen LogP contribution >= 0.6 is 12.4 Å². The molecule has 0 aliphatic carbocycles. The topological polar surface area (TPSA) is 49.6 Å². The molecule has 94 valence electrons. The van der Waals surface area contributed by atoms with E-state index in [1.165, 1.54) is 19.3 Å². The Bertz CT molecular complexity index is 231. The van der Waals surface area contributed by atoms with Crippen molar-refractivity contribution in [2.45, 2.75) is 31.7 Å². The van der Waals surface area contributed by atoms with Crippen molar-refractivity contribution in [2.24, 2.45) is 5.73 Å². The van der Waals surface area contributed by atoms with Crippen molar-refractivity contribution in [3.63, 3.8) is 0 Å². The van der Waals surface area contributed by atoms with E-state index in [4.69, 9.17) is 5.73 Å². The molecule has 0 radical (unpaired) electrons. The molecule has 2 N–H and O–H groups in total. The van der Waals surface area contributed by atoms with E-state index in [9.17, 15) is 4.79 Å². The monoisotopic (exact) mass is 247 g/mol. The predicted octanol–water partition coefficient (Wildman–Crippen LogP) is 0.454. The first-order valence-corrected chi connectivity index (χ1v) is 6.01. The van der Waals surface area contributed by atoms with Gasteiger partial charge in [0, 0.05) is 32.2 Å². The normalized spacial score (nSPS) is 26.6. The van der Waals surface area contributed by atoms with Crippen LogP contribution < -0.4 is 5.73 Å². The van der Waals surface area contributed by atoms with Gasteiger partial charge in [-0.15, -0.1) is 12.4 Å². The number of hydrogen-bond donors (Lipinski definition) is 1. The third kappa shape index (κ3) is 3.61. The van der Waals surface area contributed by atoms with Gasteiger partial charge in [0.1, 0.15) is 0 Å². The van der Waals surface area contributed by atoms with Crippen molar-refractivity contribution in [3.8, 4) is 0 Å². The van der Waals surface area contributed by atoms with Crippen LogP contribution in [0, 0.1) is 0 Å². The van der Waals surface area contributed by atoms with Crippen molar-refractivity contribution in [3.05, 3.63) is 0 Å². The zero-order valence-corrected chi connectivity index (χ0v) is 10.5. The molecule has 16 heavy (non-hydrogen) atoms. The lowest BCUT2D eigenvalue weighted by Crippen LogP contribution is -2.42. The molecule has 4 nitrogen and oxygen atoms in total. The second-order valence-corrected chi connectivity index (χ2v) is 4.73. The number of carbonyl (C=O) groups is 1. The minimum Gasteiger partial charge on any atom is -0.342 e. The molecule has 0 aromatic carbocycles. The van der Waals surface area contributed by atoms with Crippen LogP contribution in [-0.4, -0.2) is 54.5 Å². The molecule has 2 heterocycles. The molecule has 0 bridgehead atoms. The molecular formula is C11H22ClN3O. The first-order chi connectivity index (χ1) is 7.25. The molecule has 2 aliphatic heterocycles. The summed E-state index contributed by atoms with van der Waals surface area (Å²) < 4.78 is 0. The Balaban J connectivity index is 0.00000128. The Kier molecular flexibility index (Phi) is 5.52. The lowest BCUT2D eigenvalue weighted by Gasteiger charge is -2.28. The van der Waals surface area contributed by atoms with Crippen molar-refractivity contribution in [2.75, 3.05) is 32.7 Å². The van der Waals surface area contributed by atoms with Crippen LogP contribution in [0.3, 0.4) is 0 Å². The summed E-state index contributed by atoms with van der Waals surface area (Å²) in [7, 11) is 0. The number of piperidine rings is 1. The fourth-order valence-corrected chi connectivity index (χ4v) is 2.44. The van der Waals surface area contributed by atoms with Crippen LogP contribution in [0.1, 0.15) is 25.7 Å². The van der Waals surface area contributed by atoms with E-state index >= 15 is 0 Å². The molecule has 2 rings (SSSR count). The Hall–Kier alpha value is -0.320. The summed E-state index contributed by atoms with van der Waals surface area (Å²) in [6.07, 6.45) is 4.65. The smallest absolute Gasteiger partial charge is 0.236 e. The number of halogens is 1. The van der Waals surface area contributed by atoms with Gasteiger partial charge in [-0.3, -0.25) is 9.69 Å². The van der Waals surface area contributed by atoms with Gasteiger partial charge < -0.3 is 10.6 Å². The van der Waals surface area contributed by atoms with Gasteiger partial charge in [0.25, 0.3) is 0 Å². The number of hydrogen-bond acceptors (Lipinski definition) is 3. The number of amides is 1.